The zero-order valence-corrected chi connectivity index (χ0v) is 12.7. The molecule has 4 heteroatoms. The molecular formula is C17H24FNO2. The van der Waals surface area contributed by atoms with Crippen molar-refractivity contribution in [1.29, 1.82) is 0 Å². The van der Waals surface area contributed by atoms with Gasteiger partial charge in [0, 0.05) is 37.1 Å². The van der Waals surface area contributed by atoms with Gasteiger partial charge in [-0.25, -0.2) is 4.39 Å². The second-order valence-corrected chi connectivity index (χ2v) is 6.14. The van der Waals surface area contributed by atoms with Crippen LogP contribution in [0.2, 0.25) is 0 Å². The van der Waals surface area contributed by atoms with E-state index in [0.717, 1.165) is 57.4 Å². The molecule has 1 saturated heterocycles. The number of hydrogen-bond donors (Lipinski definition) is 1. The average Bonchev–Trinajstić information content (AvgIpc) is 2.70. The topological polar surface area (TPSA) is 30.5 Å². The van der Waals surface area contributed by atoms with E-state index < -0.39 is 0 Å². The first kappa shape index (κ1) is 14.8. The van der Waals surface area contributed by atoms with Gasteiger partial charge in [0.15, 0.2) is 0 Å². The molecule has 0 saturated carbocycles. The summed E-state index contributed by atoms with van der Waals surface area (Å²) >= 11 is 0. The SMILES string of the molecule is CCCNC1CC2(CCCOCC2)Oc2cc(F)ccc21. The summed E-state index contributed by atoms with van der Waals surface area (Å²) in [5.41, 5.74) is 0.878. The van der Waals surface area contributed by atoms with Gasteiger partial charge in [0.05, 0.1) is 6.61 Å². The molecule has 1 fully saturated rings. The molecule has 21 heavy (non-hydrogen) atoms. The summed E-state index contributed by atoms with van der Waals surface area (Å²) in [6, 6.07) is 5.16. The number of benzene rings is 1. The van der Waals surface area contributed by atoms with E-state index in [1.807, 2.05) is 6.07 Å². The molecule has 0 radical (unpaired) electrons. The molecule has 0 bridgehead atoms. The summed E-state index contributed by atoms with van der Waals surface area (Å²) in [7, 11) is 0. The molecule has 1 aromatic rings. The molecule has 1 spiro atoms. The van der Waals surface area contributed by atoms with Gasteiger partial charge in [-0.1, -0.05) is 13.0 Å². The van der Waals surface area contributed by atoms with Crippen LogP contribution in [0, 0.1) is 5.82 Å². The molecule has 2 atom stereocenters. The minimum absolute atomic E-state index is 0.206. The summed E-state index contributed by atoms with van der Waals surface area (Å²) in [6.07, 6.45) is 4.89. The maximum atomic E-state index is 13.6. The highest BCUT2D eigenvalue weighted by atomic mass is 19.1. The van der Waals surface area contributed by atoms with Gasteiger partial charge in [-0.2, -0.15) is 0 Å². The van der Waals surface area contributed by atoms with E-state index in [9.17, 15) is 4.39 Å². The third-order valence-corrected chi connectivity index (χ3v) is 4.52. The first-order valence-corrected chi connectivity index (χ1v) is 8.02. The van der Waals surface area contributed by atoms with Crippen molar-refractivity contribution in [3.05, 3.63) is 29.6 Å². The van der Waals surface area contributed by atoms with E-state index in [2.05, 4.69) is 12.2 Å². The van der Waals surface area contributed by atoms with Crippen LogP contribution in [0.4, 0.5) is 4.39 Å². The molecule has 0 aromatic heterocycles. The lowest BCUT2D eigenvalue weighted by atomic mass is 9.82. The van der Waals surface area contributed by atoms with Crippen molar-refractivity contribution >= 4 is 0 Å². The molecule has 3 nitrogen and oxygen atoms in total. The van der Waals surface area contributed by atoms with Gasteiger partial charge in [-0.3, -0.25) is 0 Å². The minimum atomic E-state index is -0.232. The van der Waals surface area contributed by atoms with Crippen molar-refractivity contribution in [2.24, 2.45) is 0 Å². The van der Waals surface area contributed by atoms with Crippen molar-refractivity contribution in [3.8, 4) is 5.75 Å². The minimum Gasteiger partial charge on any atom is -0.487 e. The van der Waals surface area contributed by atoms with Crippen LogP contribution >= 0.6 is 0 Å². The highest BCUT2D eigenvalue weighted by molar-refractivity contribution is 5.39. The maximum absolute atomic E-state index is 13.6. The number of halogens is 1. The van der Waals surface area contributed by atoms with Crippen LogP contribution < -0.4 is 10.1 Å². The van der Waals surface area contributed by atoms with Crippen LogP contribution in [0.1, 0.15) is 50.6 Å². The molecule has 0 amide bonds. The van der Waals surface area contributed by atoms with Crippen LogP contribution in [0.25, 0.3) is 0 Å². The van der Waals surface area contributed by atoms with Gasteiger partial charge in [0.2, 0.25) is 0 Å². The quantitative estimate of drug-likeness (QED) is 0.924. The Balaban J connectivity index is 1.90. The molecular weight excluding hydrogens is 269 g/mol. The van der Waals surface area contributed by atoms with E-state index in [0.29, 0.717) is 5.75 Å². The summed E-state index contributed by atoms with van der Waals surface area (Å²) in [6.45, 7) is 4.65. The first-order valence-electron chi connectivity index (χ1n) is 8.02. The second-order valence-electron chi connectivity index (χ2n) is 6.14. The normalized spacial score (nSPS) is 28.8. The van der Waals surface area contributed by atoms with E-state index in [-0.39, 0.29) is 17.5 Å². The first-order chi connectivity index (χ1) is 10.2. The standard InChI is InChI=1S/C17H24FNO2/c1-2-8-19-15-12-17(6-3-9-20-10-7-17)21-16-11-13(18)4-5-14(15)16/h4-5,11,15,19H,2-3,6-10,12H2,1H3. The van der Waals surface area contributed by atoms with Gasteiger partial charge in [0.1, 0.15) is 17.2 Å². The highest BCUT2D eigenvalue weighted by Gasteiger charge is 2.41. The lowest BCUT2D eigenvalue weighted by Crippen LogP contribution is -2.44. The Hall–Kier alpha value is -1.13. The third-order valence-electron chi connectivity index (χ3n) is 4.52. The number of rotatable bonds is 3. The maximum Gasteiger partial charge on any atom is 0.127 e. The van der Waals surface area contributed by atoms with Crippen molar-refractivity contribution in [1.82, 2.24) is 5.32 Å². The van der Waals surface area contributed by atoms with Gasteiger partial charge in [-0.05, 0) is 31.9 Å². The number of nitrogens with one attached hydrogen (secondary N) is 1. The van der Waals surface area contributed by atoms with Crippen molar-refractivity contribution in [3.63, 3.8) is 0 Å². The van der Waals surface area contributed by atoms with Crippen LogP contribution in [0.3, 0.4) is 0 Å². The predicted molar refractivity (Wildman–Crippen MR) is 80.1 cm³/mol. The summed E-state index contributed by atoms with van der Waals surface area (Å²) in [5, 5.41) is 3.60. The third kappa shape index (κ3) is 3.22. The Morgan fingerprint density at radius 2 is 2.24 bits per heavy atom. The molecule has 1 N–H and O–H groups in total. The van der Waals surface area contributed by atoms with Crippen LogP contribution in [0.5, 0.6) is 5.75 Å². The molecule has 2 aliphatic heterocycles. The molecule has 0 aliphatic carbocycles. The summed E-state index contributed by atoms with van der Waals surface area (Å²) < 4.78 is 25.4. The Labute approximate surface area is 125 Å². The fourth-order valence-electron chi connectivity index (χ4n) is 3.43. The van der Waals surface area contributed by atoms with Crippen molar-refractivity contribution in [2.75, 3.05) is 19.8 Å². The van der Waals surface area contributed by atoms with E-state index in [1.165, 1.54) is 12.1 Å². The van der Waals surface area contributed by atoms with E-state index in [1.54, 1.807) is 0 Å². The molecule has 3 rings (SSSR count). The monoisotopic (exact) mass is 293 g/mol. The van der Waals surface area contributed by atoms with Gasteiger partial charge >= 0.3 is 0 Å². The largest absolute Gasteiger partial charge is 0.487 e. The second kappa shape index (κ2) is 6.32. The summed E-state index contributed by atoms with van der Waals surface area (Å²) in [5.74, 6) is 0.474. The van der Waals surface area contributed by atoms with Gasteiger partial charge in [-0.15, -0.1) is 0 Å². The summed E-state index contributed by atoms with van der Waals surface area (Å²) in [4.78, 5) is 0. The molecule has 2 unspecified atom stereocenters. The Kier molecular flexibility index (Phi) is 4.45. The number of fused-ring (bicyclic) bond motifs is 1. The molecule has 2 aliphatic rings. The Morgan fingerprint density at radius 3 is 3.10 bits per heavy atom. The zero-order chi connectivity index (χ0) is 14.7. The predicted octanol–water partition coefficient (Wildman–Crippen LogP) is 3.59. The van der Waals surface area contributed by atoms with Crippen LogP contribution in [-0.4, -0.2) is 25.4 Å². The van der Waals surface area contributed by atoms with Crippen LogP contribution in [-0.2, 0) is 4.74 Å². The highest BCUT2D eigenvalue weighted by Crippen LogP contribution is 2.44. The van der Waals surface area contributed by atoms with Crippen molar-refractivity contribution < 1.29 is 13.9 Å². The lowest BCUT2D eigenvalue weighted by Gasteiger charge is -2.42. The Bertz CT molecular complexity index is 484. The average molecular weight is 293 g/mol. The Morgan fingerprint density at radius 1 is 1.33 bits per heavy atom. The van der Waals surface area contributed by atoms with E-state index in [4.69, 9.17) is 9.47 Å². The van der Waals surface area contributed by atoms with Gasteiger partial charge in [0.25, 0.3) is 0 Å². The lowest BCUT2D eigenvalue weighted by molar-refractivity contribution is 0.0105. The zero-order valence-electron chi connectivity index (χ0n) is 12.7. The molecule has 2 heterocycles. The molecule has 1 aromatic carbocycles. The smallest absolute Gasteiger partial charge is 0.127 e. The van der Waals surface area contributed by atoms with Gasteiger partial charge < -0.3 is 14.8 Å². The number of hydrogen-bond acceptors (Lipinski definition) is 3. The van der Waals surface area contributed by atoms with Crippen LogP contribution in [0.15, 0.2) is 18.2 Å². The molecule has 116 valence electrons. The fraction of sp³-hybridized carbons (Fsp3) is 0.647. The van der Waals surface area contributed by atoms with E-state index >= 15 is 0 Å². The number of ether oxygens (including phenoxy) is 2. The fourth-order valence-corrected chi connectivity index (χ4v) is 3.43. The van der Waals surface area contributed by atoms with Crippen molar-refractivity contribution in [2.45, 2.75) is 50.7 Å².